The number of nitrogens with zero attached hydrogens (tertiary/aromatic N) is 1. The third kappa shape index (κ3) is 3.54. The van der Waals surface area contributed by atoms with Crippen molar-refractivity contribution in [3.63, 3.8) is 0 Å². The number of primary amides is 1. The zero-order valence-corrected chi connectivity index (χ0v) is 15.3. The molecule has 26 heavy (non-hydrogen) atoms. The van der Waals surface area contributed by atoms with E-state index in [9.17, 15) is 9.59 Å². The minimum absolute atomic E-state index is 0.0509. The Kier molecular flexibility index (Phi) is 5.21. The Bertz CT molecular complexity index is 866. The van der Waals surface area contributed by atoms with Gasteiger partial charge in [0.15, 0.2) is 0 Å². The topological polar surface area (TPSA) is 63.4 Å². The van der Waals surface area contributed by atoms with E-state index in [4.69, 9.17) is 5.73 Å². The molecule has 4 heteroatoms. The highest BCUT2D eigenvalue weighted by molar-refractivity contribution is 6.07. The standard InChI is InChI=1S/C22H24N2O2/c1-3-16(17-11-9-15(2)10-12-17)14-21(25)24-13-5-7-18-19(22(23)26)6-4-8-20(18)24/h4,6,8-12,14H,3,5,7,13H2,1-2H3,(H2,23,26). The number of rotatable bonds is 4. The zero-order chi connectivity index (χ0) is 18.7. The summed E-state index contributed by atoms with van der Waals surface area (Å²) in [4.78, 5) is 26.4. The van der Waals surface area contributed by atoms with E-state index in [0.717, 1.165) is 41.6 Å². The minimum Gasteiger partial charge on any atom is -0.366 e. The number of carbonyl (C=O) groups excluding carboxylic acids is 2. The Hall–Kier alpha value is -2.88. The number of hydrogen-bond acceptors (Lipinski definition) is 2. The molecule has 0 atom stereocenters. The number of allylic oxidation sites excluding steroid dienone is 1. The Labute approximate surface area is 154 Å². The van der Waals surface area contributed by atoms with Crippen molar-refractivity contribution in [2.75, 3.05) is 11.4 Å². The molecular formula is C22H24N2O2. The molecule has 0 bridgehead atoms. The monoisotopic (exact) mass is 348 g/mol. The smallest absolute Gasteiger partial charge is 0.251 e. The highest BCUT2D eigenvalue weighted by atomic mass is 16.2. The molecule has 0 unspecified atom stereocenters. The summed E-state index contributed by atoms with van der Waals surface area (Å²) in [5.41, 5.74) is 10.9. The lowest BCUT2D eigenvalue weighted by Gasteiger charge is -2.30. The normalized spacial score (nSPS) is 14.1. The van der Waals surface area contributed by atoms with Crippen LogP contribution in [-0.4, -0.2) is 18.4 Å². The van der Waals surface area contributed by atoms with E-state index in [0.29, 0.717) is 12.1 Å². The maximum absolute atomic E-state index is 13.0. The molecule has 0 radical (unpaired) electrons. The number of benzene rings is 2. The van der Waals surface area contributed by atoms with Gasteiger partial charge >= 0.3 is 0 Å². The van der Waals surface area contributed by atoms with Crippen LogP contribution in [0.4, 0.5) is 5.69 Å². The number of amides is 2. The van der Waals surface area contributed by atoms with E-state index < -0.39 is 5.91 Å². The molecule has 4 nitrogen and oxygen atoms in total. The minimum atomic E-state index is -0.444. The van der Waals surface area contributed by atoms with Gasteiger partial charge in [0.05, 0.1) is 0 Å². The molecule has 0 spiro atoms. The van der Waals surface area contributed by atoms with Crippen LogP contribution in [0.15, 0.2) is 48.5 Å². The van der Waals surface area contributed by atoms with Gasteiger partial charge in [-0.05, 0) is 55.0 Å². The molecule has 3 rings (SSSR count). The Balaban J connectivity index is 1.95. The fourth-order valence-corrected chi connectivity index (χ4v) is 3.47. The van der Waals surface area contributed by atoms with Crippen LogP contribution in [0, 0.1) is 6.92 Å². The second-order valence-corrected chi connectivity index (χ2v) is 6.65. The first kappa shape index (κ1) is 17.9. The first-order chi connectivity index (χ1) is 12.5. The van der Waals surface area contributed by atoms with E-state index >= 15 is 0 Å². The molecule has 0 saturated heterocycles. The van der Waals surface area contributed by atoms with Gasteiger partial charge in [0.2, 0.25) is 5.91 Å². The average molecular weight is 348 g/mol. The summed E-state index contributed by atoms with van der Waals surface area (Å²) in [6.45, 7) is 4.75. The second kappa shape index (κ2) is 7.56. The number of nitrogens with two attached hydrogens (primary N) is 1. The molecular weight excluding hydrogens is 324 g/mol. The van der Waals surface area contributed by atoms with Crippen LogP contribution in [-0.2, 0) is 11.2 Å². The predicted octanol–water partition coefficient (Wildman–Crippen LogP) is 3.87. The van der Waals surface area contributed by atoms with Crippen molar-refractivity contribution in [3.8, 4) is 0 Å². The van der Waals surface area contributed by atoms with Crippen molar-refractivity contribution in [1.29, 1.82) is 0 Å². The molecule has 1 aliphatic heterocycles. The van der Waals surface area contributed by atoms with Crippen molar-refractivity contribution in [2.24, 2.45) is 5.73 Å². The molecule has 0 saturated carbocycles. The van der Waals surface area contributed by atoms with Crippen molar-refractivity contribution >= 4 is 23.1 Å². The number of hydrogen-bond donors (Lipinski definition) is 1. The van der Waals surface area contributed by atoms with Crippen molar-refractivity contribution in [3.05, 3.63) is 70.8 Å². The zero-order valence-electron chi connectivity index (χ0n) is 15.3. The fraction of sp³-hybridized carbons (Fsp3) is 0.273. The van der Waals surface area contributed by atoms with E-state index in [2.05, 4.69) is 12.1 Å². The summed E-state index contributed by atoms with van der Waals surface area (Å²) in [6.07, 6.45) is 4.08. The molecule has 0 fully saturated rings. The van der Waals surface area contributed by atoms with Gasteiger partial charge in [0, 0.05) is 23.9 Å². The van der Waals surface area contributed by atoms with E-state index in [1.54, 1.807) is 23.1 Å². The summed E-state index contributed by atoms with van der Waals surface area (Å²) in [7, 11) is 0. The lowest BCUT2D eigenvalue weighted by Crippen LogP contribution is -2.35. The van der Waals surface area contributed by atoms with Crippen LogP contribution in [0.5, 0.6) is 0 Å². The molecule has 2 aromatic carbocycles. The number of fused-ring (bicyclic) bond motifs is 1. The van der Waals surface area contributed by atoms with Crippen LogP contribution in [0.3, 0.4) is 0 Å². The number of aryl methyl sites for hydroxylation is 1. The van der Waals surface area contributed by atoms with Crippen molar-refractivity contribution < 1.29 is 9.59 Å². The van der Waals surface area contributed by atoms with Gasteiger partial charge in [0.1, 0.15) is 0 Å². The van der Waals surface area contributed by atoms with Gasteiger partial charge in [-0.1, -0.05) is 42.8 Å². The van der Waals surface area contributed by atoms with Crippen LogP contribution in [0.25, 0.3) is 5.57 Å². The van der Waals surface area contributed by atoms with Gasteiger partial charge in [-0.2, -0.15) is 0 Å². The predicted molar refractivity (Wildman–Crippen MR) is 105 cm³/mol. The Morgan fingerprint density at radius 1 is 1.15 bits per heavy atom. The molecule has 0 aromatic heterocycles. The largest absolute Gasteiger partial charge is 0.366 e. The SMILES string of the molecule is CCC(=CC(=O)N1CCCc2c(C(N)=O)cccc21)c1ccc(C)cc1. The number of carbonyl (C=O) groups is 2. The van der Waals surface area contributed by atoms with Crippen molar-refractivity contribution in [2.45, 2.75) is 33.1 Å². The molecule has 0 aliphatic carbocycles. The molecule has 134 valence electrons. The summed E-state index contributed by atoms with van der Waals surface area (Å²) >= 11 is 0. The molecule has 2 amide bonds. The summed E-state index contributed by atoms with van der Waals surface area (Å²) in [5, 5.41) is 0. The van der Waals surface area contributed by atoms with Gasteiger partial charge < -0.3 is 10.6 Å². The van der Waals surface area contributed by atoms with E-state index in [1.807, 2.05) is 32.0 Å². The molecule has 2 aromatic rings. The van der Waals surface area contributed by atoms with Gasteiger partial charge in [0.25, 0.3) is 5.91 Å². The molecule has 2 N–H and O–H groups in total. The van der Waals surface area contributed by atoms with E-state index in [1.165, 1.54) is 5.56 Å². The second-order valence-electron chi connectivity index (χ2n) is 6.65. The van der Waals surface area contributed by atoms with Gasteiger partial charge in [-0.3, -0.25) is 9.59 Å². The van der Waals surface area contributed by atoms with Gasteiger partial charge in [-0.25, -0.2) is 0 Å². The summed E-state index contributed by atoms with van der Waals surface area (Å²) in [5.74, 6) is -0.495. The Morgan fingerprint density at radius 2 is 1.88 bits per heavy atom. The van der Waals surface area contributed by atoms with Crippen LogP contribution in [0.1, 0.15) is 46.8 Å². The van der Waals surface area contributed by atoms with Crippen LogP contribution in [0.2, 0.25) is 0 Å². The molecule has 1 heterocycles. The summed E-state index contributed by atoms with van der Waals surface area (Å²) < 4.78 is 0. The maximum Gasteiger partial charge on any atom is 0.251 e. The van der Waals surface area contributed by atoms with Crippen molar-refractivity contribution in [1.82, 2.24) is 0 Å². The summed E-state index contributed by atoms with van der Waals surface area (Å²) in [6, 6.07) is 13.6. The van der Waals surface area contributed by atoms with Crippen LogP contribution >= 0.6 is 0 Å². The first-order valence-electron chi connectivity index (χ1n) is 9.02. The Morgan fingerprint density at radius 3 is 2.54 bits per heavy atom. The lowest BCUT2D eigenvalue weighted by atomic mass is 9.95. The first-order valence-corrected chi connectivity index (χ1v) is 9.02. The highest BCUT2D eigenvalue weighted by Crippen LogP contribution is 2.30. The molecule has 1 aliphatic rings. The maximum atomic E-state index is 13.0. The quantitative estimate of drug-likeness (QED) is 0.853. The highest BCUT2D eigenvalue weighted by Gasteiger charge is 2.24. The number of anilines is 1. The van der Waals surface area contributed by atoms with E-state index in [-0.39, 0.29) is 5.91 Å². The van der Waals surface area contributed by atoms with Crippen LogP contribution < -0.4 is 10.6 Å². The third-order valence-electron chi connectivity index (χ3n) is 4.88. The lowest BCUT2D eigenvalue weighted by molar-refractivity contribution is -0.114. The third-order valence-corrected chi connectivity index (χ3v) is 4.88. The average Bonchev–Trinajstić information content (AvgIpc) is 2.65. The van der Waals surface area contributed by atoms with Gasteiger partial charge in [-0.15, -0.1) is 0 Å². The fourth-order valence-electron chi connectivity index (χ4n) is 3.47.